The average Bonchev–Trinajstić information content (AvgIpc) is 2.39. The van der Waals surface area contributed by atoms with Gasteiger partial charge in [-0.1, -0.05) is 0 Å². The van der Waals surface area contributed by atoms with Crippen molar-refractivity contribution in [2.24, 2.45) is 5.92 Å². The first-order chi connectivity index (χ1) is 8.70. The predicted octanol–water partition coefficient (Wildman–Crippen LogP) is 1.13. The third kappa shape index (κ3) is 2.96. The van der Waals surface area contributed by atoms with Crippen molar-refractivity contribution < 1.29 is 0 Å². The smallest absolute Gasteiger partial charge is 0.183 e. The summed E-state index contributed by atoms with van der Waals surface area (Å²) in [5.74, 6) is 1.49. The van der Waals surface area contributed by atoms with Crippen molar-refractivity contribution in [3.63, 3.8) is 0 Å². The monoisotopic (exact) mass is 245 g/mol. The summed E-state index contributed by atoms with van der Waals surface area (Å²) in [6.07, 6.45) is 5.53. The van der Waals surface area contributed by atoms with Crippen molar-refractivity contribution in [3.8, 4) is 6.07 Å². The second kappa shape index (κ2) is 5.78. The van der Waals surface area contributed by atoms with Crippen LogP contribution in [0.5, 0.6) is 0 Å². The third-order valence-corrected chi connectivity index (χ3v) is 3.32. The van der Waals surface area contributed by atoms with Gasteiger partial charge in [0.15, 0.2) is 11.5 Å². The fourth-order valence-electron chi connectivity index (χ4n) is 2.48. The maximum absolute atomic E-state index is 9.03. The molecule has 1 fully saturated rings. The molecule has 18 heavy (non-hydrogen) atoms. The fraction of sp³-hybridized carbons (Fsp3) is 0.615. The van der Waals surface area contributed by atoms with E-state index in [2.05, 4.69) is 39.9 Å². The Bertz CT molecular complexity index is 429. The summed E-state index contributed by atoms with van der Waals surface area (Å²) in [5.41, 5.74) is 0.434. The highest BCUT2D eigenvalue weighted by atomic mass is 15.2. The first-order valence-corrected chi connectivity index (χ1v) is 6.31. The third-order valence-electron chi connectivity index (χ3n) is 3.32. The summed E-state index contributed by atoms with van der Waals surface area (Å²) in [4.78, 5) is 12.8. The van der Waals surface area contributed by atoms with Gasteiger partial charge in [0.1, 0.15) is 6.07 Å². The molecule has 0 radical (unpaired) electrons. The lowest BCUT2D eigenvalue weighted by Gasteiger charge is -2.33. The van der Waals surface area contributed by atoms with Crippen molar-refractivity contribution in [2.75, 3.05) is 38.6 Å². The molecular formula is C13H19N5. The lowest BCUT2D eigenvalue weighted by atomic mass is 9.96. The highest BCUT2D eigenvalue weighted by Crippen LogP contribution is 2.23. The first kappa shape index (κ1) is 12.8. The number of nitriles is 1. The van der Waals surface area contributed by atoms with Gasteiger partial charge in [0.25, 0.3) is 0 Å². The van der Waals surface area contributed by atoms with Gasteiger partial charge in [-0.15, -0.1) is 0 Å². The standard InChI is InChI=1S/C13H19N5/c1-17(2)10-11-3-7-18(8-4-11)13-12(9-14)15-5-6-16-13/h5-6,11H,3-4,7-8,10H2,1-2H3. The van der Waals surface area contributed by atoms with Gasteiger partial charge in [-0.2, -0.15) is 5.26 Å². The molecule has 0 aliphatic carbocycles. The molecular weight excluding hydrogens is 226 g/mol. The molecule has 96 valence electrons. The Labute approximate surface area is 108 Å². The van der Waals surface area contributed by atoms with Gasteiger partial charge in [0.2, 0.25) is 0 Å². The van der Waals surface area contributed by atoms with Crippen LogP contribution in [0.1, 0.15) is 18.5 Å². The molecule has 0 aromatic carbocycles. The zero-order valence-corrected chi connectivity index (χ0v) is 11.0. The molecule has 5 heteroatoms. The molecule has 0 saturated carbocycles. The maximum Gasteiger partial charge on any atom is 0.183 e. The van der Waals surface area contributed by atoms with Crippen molar-refractivity contribution in [2.45, 2.75) is 12.8 Å². The molecule has 0 bridgehead atoms. The number of hydrogen-bond acceptors (Lipinski definition) is 5. The topological polar surface area (TPSA) is 56.1 Å². The molecule has 1 aromatic rings. The minimum Gasteiger partial charge on any atom is -0.354 e. The van der Waals surface area contributed by atoms with E-state index in [1.807, 2.05) is 0 Å². The van der Waals surface area contributed by atoms with E-state index in [1.165, 1.54) is 0 Å². The minimum atomic E-state index is 0.434. The Kier molecular flexibility index (Phi) is 4.11. The fourth-order valence-corrected chi connectivity index (χ4v) is 2.48. The lowest BCUT2D eigenvalue weighted by Crippen LogP contribution is -2.38. The zero-order valence-electron chi connectivity index (χ0n) is 11.0. The van der Waals surface area contributed by atoms with E-state index in [9.17, 15) is 0 Å². The van der Waals surface area contributed by atoms with Crippen molar-refractivity contribution in [3.05, 3.63) is 18.1 Å². The molecule has 0 amide bonds. The maximum atomic E-state index is 9.03. The molecule has 0 atom stereocenters. The van der Waals surface area contributed by atoms with Crippen LogP contribution in [0.25, 0.3) is 0 Å². The van der Waals surface area contributed by atoms with Crippen LogP contribution in [0.2, 0.25) is 0 Å². The van der Waals surface area contributed by atoms with Crippen LogP contribution in [0, 0.1) is 17.2 Å². The van der Waals surface area contributed by atoms with Gasteiger partial charge in [-0.25, -0.2) is 9.97 Å². The minimum absolute atomic E-state index is 0.434. The van der Waals surface area contributed by atoms with Crippen molar-refractivity contribution in [1.29, 1.82) is 5.26 Å². The summed E-state index contributed by atoms with van der Waals surface area (Å²) in [7, 11) is 4.23. The number of hydrogen-bond donors (Lipinski definition) is 0. The van der Waals surface area contributed by atoms with Crippen LogP contribution in [-0.4, -0.2) is 48.6 Å². The molecule has 0 unspecified atom stereocenters. The highest BCUT2D eigenvalue weighted by molar-refractivity contribution is 5.49. The zero-order chi connectivity index (χ0) is 13.0. The van der Waals surface area contributed by atoms with E-state index >= 15 is 0 Å². The molecule has 0 N–H and O–H groups in total. The molecule has 2 rings (SSSR count). The van der Waals surface area contributed by atoms with E-state index in [0.29, 0.717) is 5.69 Å². The Morgan fingerprint density at radius 2 is 2.00 bits per heavy atom. The van der Waals surface area contributed by atoms with Gasteiger partial charge < -0.3 is 9.80 Å². The van der Waals surface area contributed by atoms with Crippen molar-refractivity contribution >= 4 is 5.82 Å². The van der Waals surface area contributed by atoms with Crippen LogP contribution in [-0.2, 0) is 0 Å². The Morgan fingerprint density at radius 1 is 1.33 bits per heavy atom. The van der Waals surface area contributed by atoms with Crippen LogP contribution in [0.3, 0.4) is 0 Å². The Morgan fingerprint density at radius 3 is 2.61 bits per heavy atom. The van der Waals surface area contributed by atoms with Gasteiger partial charge >= 0.3 is 0 Å². The lowest BCUT2D eigenvalue weighted by molar-refractivity contribution is 0.284. The van der Waals surface area contributed by atoms with E-state index in [1.54, 1.807) is 12.4 Å². The van der Waals surface area contributed by atoms with Crippen molar-refractivity contribution in [1.82, 2.24) is 14.9 Å². The molecule has 1 saturated heterocycles. The van der Waals surface area contributed by atoms with E-state index in [-0.39, 0.29) is 0 Å². The summed E-state index contributed by atoms with van der Waals surface area (Å²) >= 11 is 0. The van der Waals surface area contributed by atoms with Crippen LogP contribution in [0.15, 0.2) is 12.4 Å². The van der Waals surface area contributed by atoms with Crippen LogP contribution >= 0.6 is 0 Å². The van der Waals surface area contributed by atoms with E-state index in [4.69, 9.17) is 5.26 Å². The number of nitrogens with zero attached hydrogens (tertiary/aromatic N) is 5. The second-order valence-electron chi connectivity index (χ2n) is 5.03. The molecule has 2 heterocycles. The van der Waals surface area contributed by atoms with Gasteiger partial charge in [-0.3, -0.25) is 0 Å². The number of aromatic nitrogens is 2. The molecule has 1 aromatic heterocycles. The van der Waals surface area contributed by atoms with Crippen LogP contribution < -0.4 is 4.90 Å². The summed E-state index contributed by atoms with van der Waals surface area (Å²) < 4.78 is 0. The highest BCUT2D eigenvalue weighted by Gasteiger charge is 2.22. The molecule has 0 spiro atoms. The second-order valence-corrected chi connectivity index (χ2v) is 5.03. The largest absolute Gasteiger partial charge is 0.354 e. The predicted molar refractivity (Wildman–Crippen MR) is 70.2 cm³/mol. The van der Waals surface area contributed by atoms with Gasteiger partial charge in [0.05, 0.1) is 0 Å². The average molecular weight is 245 g/mol. The Hall–Kier alpha value is -1.67. The summed E-state index contributed by atoms with van der Waals surface area (Å²) in [6.45, 7) is 3.07. The molecule has 1 aliphatic heterocycles. The van der Waals surface area contributed by atoms with E-state index in [0.717, 1.165) is 44.2 Å². The Balaban J connectivity index is 1.99. The number of anilines is 1. The van der Waals surface area contributed by atoms with E-state index < -0.39 is 0 Å². The first-order valence-electron chi connectivity index (χ1n) is 6.31. The quantitative estimate of drug-likeness (QED) is 0.799. The van der Waals surface area contributed by atoms with Crippen LogP contribution in [0.4, 0.5) is 5.82 Å². The molecule has 5 nitrogen and oxygen atoms in total. The molecule has 1 aliphatic rings. The SMILES string of the molecule is CN(C)CC1CCN(c2nccnc2C#N)CC1. The van der Waals surface area contributed by atoms with Gasteiger partial charge in [-0.05, 0) is 32.9 Å². The number of piperidine rings is 1. The summed E-state index contributed by atoms with van der Waals surface area (Å²) in [6, 6.07) is 2.11. The van der Waals surface area contributed by atoms with Gasteiger partial charge in [0, 0.05) is 32.0 Å². The number of rotatable bonds is 3. The normalized spacial score (nSPS) is 16.9. The summed E-state index contributed by atoms with van der Waals surface area (Å²) in [5, 5.41) is 9.03.